The fraction of sp³-hybridized carbons (Fsp3) is 0.462. The average molecular weight is 252 g/mol. The molecule has 0 radical (unpaired) electrons. The van der Waals surface area contributed by atoms with Crippen molar-refractivity contribution in [1.29, 1.82) is 0 Å². The number of carboxylic acids is 1. The molecule has 0 spiro atoms. The first-order valence-electron chi connectivity index (χ1n) is 5.62. The topological polar surface area (TPSA) is 54.4 Å². The van der Waals surface area contributed by atoms with Crippen molar-refractivity contribution in [2.24, 2.45) is 0 Å². The van der Waals surface area contributed by atoms with E-state index in [1.54, 1.807) is 0 Å². The number of rotatable bonds is 4. The van der Waals surface area contributed by atoms with Gasteiger partial charge in [-0.25, -0.2) is 0 Å². The molecule has 0 heterocycles. The maximum absolute atomic E-state index is 12.0. The first kappa shape index (κ1) is 12.3. The lowest BCUT2D eigenvalue weighted by Gasteiger charge is -2.31. The Bertz CT molecular complexity index is 479. The van der Waals surface area contributed by atoms with Crippen molar-refractivity contribution in [3.8, 4) is 0 Å². The molecule has 0 fully saturated rings. The Hall–Kier alpha value is -1.16. The second-order valence-electron chi connectivity index (χ2n) is 4.93. The average Bonchev–Trinajstić information content (AvgIpc) is 2.25. The van der Waals surface area contributed by atoms with E-state index in [-0.39, 0.29) is 5.92 Å². The van der Waals surface area contributed by atoms with Crippen LogP contribution in [-0.2, 0) is 22.0 Å². The van der Waals surface area contributed by atoms with Crippen molar-refractivity contribution in [2.75, 3.05) is 5.75 Å². The third kappa shape index (κ3) is 2.14. The van der Waals surface area contributed by atoms with E-state index in [1.807, 2.05) is 18.2 Å². The Labute approximate surface area is 103 Å². The van der Waals surface area contributed by atoms with Gasteiger partial charge in [-0.15, -0.1) is 0 Å². The van der Waals surface area contributed by atoms with E-state index in [4.69, 9.17) is 5.11 Å². The van der Waals surface area contributed by atoms with Crippen LogP contribution in [0.2, 0.25) is 0 Å². The van der Waals surface area contributed by atoms with E-state index in [0.717, 1.165) is 6.42 Å². The number of benzene rings is 1. The summed E-state index contributed by atoms with van der Waals surface area (Å²) in [5.41, 5.74) is 2.52. The molecule has 2 atom stereocenters. The predicted molar refractivity (Wildman–Crippen MR) is 67.6 cm³/mol. The van der Waals surface area contributed by atoms with Crippen LogP contribution < -0.4 is 0 Å². The normalized spacial score (nSPS) is 20.2. The summed E-state index contributed by atoms with van der Waals surface area (Å²) >= 11 is 0. The lowest BCUT2D eigenvalue weighted by Crippen LogP contribution is -2.40. The minimum absolute atomic E-state index is 0.255. The van der Waals surface area contributed by atoms with Gasteiger partial charge in [-0.3, -0.25) is 9.00 Å². The van der Waals surface area contributed by atoms with E-state index >= 15 is 0 Å². The van der Waals surface area contributed by atoms with E-state index in [0.29, 0.717) is 5.75 Å². The molecular formula is C13H16O3S. The molecule has 17 heavy (non-hydrogen) atoms. The van der Waals surface area contributed by atoms with Gasteiger partial charge in [-0.2, -0.15) is 0 Å². The summed E-state index contributed by atoms with van der Waals surface area (Å²) in [6.45, 7) is 3.05. The van der Waals surface area contributed by atoms with E-state index in [1.165, 1.54) is 25.0 Å². The molecule has 4 heteroatoms. The molecule has 2 unspecified atom stereocenters. The van der Waals surface area contributed by atoms with Crippen LogP contribution in [0, 0.1) is 0 Å². The molecule has 1 aliphatic rings. The maximum atomic E-state index is 12.0. The maximum Gasteiger partial charge on any atom is 0.321 e. The van der Waals surface area contributed by atoms with Gasteiger partial charge in [0.1, 0.15) is 4.75 Å². The summed E-state index contributed by atoms with van der Waals surface area (Å²) < 4.78 is 10.9. The standard InChI is InChI=1S/C13H16O3S/c1-13(2,12(14)15)17(16)8-10-7-9-5-3-4-6-11(9)10/h3-6,10H,7-8H2,1-2H3,(H,14,15). The molecule has 3 nitrogen and oxygen atoms in total. The molecule has 1 N–H and O–H groups in total. The van der Waals surface area contributed by atoms with Crippen LogP contribution in [0.25, 0.3) is 0 Å². The number of carbonyl (C=O) groups is 1. The molecule has 2 rings (SSSR count). The number of carboxylic acid groups (broad SMARTS) is 1. The van der Waals surface area contributed by atoms with Gasteiger partial charge in [0, 0.05) is 16.6 Å². The van der Waals surface area contributed by atoms with Crippen molar-refractivity contribution in [1.82, 2.24) is 0 Å². The number of hydrogen-bond acceptors (Lipinski definition) is 2. The van der Waals surface area contributed by atoms with Gasteiger partial charge in [-0.05, 0) is 37.3 Å². The number of hydrogen-bond donors (Lipinski definition) is 1. The fourth-order valence-corrected chi connectivity index (χ4v) is 3.27. The Morgan fingerprint density at radius 1 is 1.47 bits per heavy atom. The summed E-state index contributed by atoms with van der Waals surface area (Å²) in [6.07, 6.45) is 0.914. The molecule has 0 saturated carbocycles. The molecule has 1 aliphatic carbocycles. The summed E-state index contributed by atoms with van der Waals surface area (Å²) in [6, 6.07) is 8.06. The molecule has 1 aromatic carbocycles. The Morgan fingerprint density at radius 2 is 2.12 bits per heavy atom. The Kier molecular flexibility index (Phi) is 3.08. The number of aliphatic carboxylic acids is 1. The van der Waals surface area contributed by atoms with E-state index in [2.05, 4.69) is 6.07 Å². The molecule has 0 saturated heterocycles. The third-order valence-corrected chi connectivity index (χ3v) is 5.42. The molecular weight excluding hydrogens is 236 g/mol. The quantitative estimate of drug-likeness (QED) is 0.891. The molecule has 1 aromatic rings. The van der Waals surface area contributed by atoms with Gasteiger partial charge >= 0.3 is 5.97 Å². The highest BCUT2D eigenvalue weighted by atomic mass is 32.2. The van der Waals surface area contributed by atoms with Gasteiger partial charge < -0.3 is 5.11 Å². The van der Waals surface area contributed by atoms with Gasteiger partial charge in [0.05, 0.1) is 0 Å². The monoisotopic (exact) mass is 252 g/mol. The Balaban J connectivity index is 2.06. The van der Waals surface area contributed by atoms with Crippen LogP contribution in [0.1, 0.15) is 30.9 Å². The van der Waals surface area contributed by atoms with Crippen LogP contribution in [0.4, 0.5) is 0 Å². The fourth-order valence-electron chi connectivity index (χ4n) is 2.00. The van der Waals surface area contributed by atoms with Crippen LogP contribution in [0.3, 0.4) is 0 Å². The zero-order valence-electron chi connectivity index (χ0n) is 9.97. The first-order valence-corrected chi connectivity index (χ1v) is 6.94. The number of fused-ring (bicyclic) bond motifs is 1. The summed E-state index contributed by atoms with van der Waals surface area (Å²) in [5, 5.41) is 9.02. The summed E-state index contributed by atoms with van der Waals surface area (Å²) in [4.78, 5) is 11.0. The van der Waals surface area contributed by atoms with E-state index < -0.39 is 21.5 Å². The van der Waals surface area contributed by atoms with Gasteiger partial charge in [0.25, 0.3) is 0 Å². The molecule has 0 aromatic heterocycles. The highest BCUT2D eigenvalue weighted by molar-refractivity contribution is 7.87. The first-order chi connectivity index (χ1) is 7.93. The van der Waals surface area contributed by atoms with Crippen molar-refractivity contribution in [3.05, 3.63) is 35.4 Å². The third-order valence-electron chi connectivity index (χ3n) is 3.40. The van der Waals surface area contributed by atoms with Crippen LogP contribution in [-0.4, -0.2) is 25.8 Å². The second-order valence-corrected chi connectivity index (χ2v) is 6.97. The van der Waals surface area contributed by atoms with Crippen molar-refractivity contribution in [2.45, 2.75) is 30.9 Å². The highest BCUT2D eigenvalue weighted by Gasteiger charge is 2.37. The summed E-state index contributed by atoms with van der Waals surface area (Å²) in [5.74, 6) is -0.301. The largest absolute Gasteiger partial charge is 0.480 e. The summed E-state index contributed by atoms with van der Waals surface area (Å²) in [7, 11) is -1.35. The van der Waals surface area contributed by atoms with Gasteiger partial charge in [0.2, 0.25) is 0 Å². The van der Waals surface area contributed by atoms with Gasteiger partial charge in [0.15, 0.2) is 0 Å². The SMILES string of the molecule is CC(C)(C(=O)O)S(=O)CC1Cc2ccccc21. The van der Waals surface area contributed by atoms with Crippen molar-refractivity contribution in [3.63, 3.8) is 0 Å². The van der Waals surface area contributed by atoms with Crippen LogP contribution >= 0.6 is 0 Å². The Morgan fingerprint density at radius 3 is 2.71 bits per heavy atom. The lowest BCUT2D eigenvalue weighted by molar-refractivity contribution is -0.139. The van der Waals surface area contributed by atoms with Crippen LogP contribution in [0.5, 0.6) is 0 Å². The molecule has 0 amide bonds. The smallest absolute Gasteiger partial charge is 0.321 e. The zero-order valence-corrected chi connectivity index (χ0v) is 10.8. The molecule has 0 aliphatic heterocycles. The molecule has 0 bridgehead atoms. The predicted octanol–water partition coefficient (Wildman–Crippen LogP) is 1.94. The van der Waals surface area contributed by atoms with Crippen LogP contribution in [0.15, 0.2) is 24.3 Å². The zero-order chi connectivity index (χ0) is 12.6. The minimum atomic E-state index is -1.35. The van der Waals surface area contributed by atoms with Gasteiger partial charge in [-0.1, -0.05) is 24.3 Å². The second kappa shape index (κ2) is 4.26. The lowest BCUT2D eigenvalue weighted by atomic mass is 9.79. The molecule has 92 valence electrons. The van der Waals surface area contributed by atoms with Crippen molar-refractivity contribution < 1.29 is 14.1 Å². The van der Waals surface area contributed by atoms with E-state index in [9.17, 15) is 9.00 Å². The highest BCUT2D eigenvalue weighted by Crippen LogP contribution is 2.36. The van der Waals surface area contributed by atoms with Crippen molar-refractivity contribution >= 4 is 16.8 Å². The minimum Gasteiger partial charge on any atom is -0.480 e.